The molecule has 3 nitrogen and oxygen atoms in total. The summed E-state index contributed by atoms with van der Waals surface area (Å²) >= 11 is 3.42. The van der Waals surface area contributed by atoms with E-state index in [1.807, 2.05) is 29.2 Å². The average Bonchev–Trinajstić information content (AvgIpc) is 2.94. The number of rotatable bonds is 6. The zero-order valence-corrected chi connectivity index (χ0v) is 13.7. The maximum Gasteiger partial charge on any atom is 0.227 e. The van der Waals surface area contributed by atoms with Crippen molar-refractivity contribution in [1.82, 2.24) is 10.2 Å². The number of halogens is 1. The molecule has 1 aliphatic heterocycles. The van der Waals surface area contributed by atoms with E-state index in [2.05, 4.69) is 28.2 Å². The molecule has 1 saturated heterocycles. The molecule has 110 valence electrons. The van der Waals surface area contributed by atoms with E-state index in [1.165, 1.54) is 12.8 Å². The van der Waals surface area contributed by atoms with Crippen molar-refractivity contribution in [3.05, 3.63) is 34.3 Å². The molecule has 0 aromatic heterocycles. The summed E-state index contributed by atoms with van der Waals surface area (Å²) in [5.74, 6) is 0.239. The fraction of sp³-hybridized carbons (Fsp3) is 0.562. The number of carbonyl (C=O) groups is 1. The van der Waals surface area contributed by atoms with Crippen LogP contribution in [0.15, 0.2) is 28.7 Å². The third kappa shape index (κ3) is 4.60. The molecule has 0 aliphatic carbocycles. The number of benzene rings is 1. The maximum absolute atomic E-state index is 12.5. The standard InChI is InChI=1S/C16H23BrN2O/c1-2-10-19(12-15-4-3-9-18-15)16(20)11-13-5-7-14(17)8-6-13/h5-8,15,18H,2-4,9-12H2,1H3. The van der Waals surface area contributed by atoms with Crippen LogP contribution in [0, 0.1) is 0 Å². The lowest BCUT2D eigenvalue weighted by Crippen LogP contribution is -2.42. The Kier molecular flexibility index (Phi) is 6.05. The van der Waals surface area contributed by atoms with Crippen molar-refractivity contribution in [3.8, 4) is 0 Å². The second kappa shape index (κ2) is 7.79. The molecule has 1 heterocycles. The highest BCUT2D eigenvalue weighted by Crippen LogP contribution is 2.13. The minimum atomic E-state index is 0.239. The first-order valence-electron chi connectivity index (χ1n) is 7.44. The summed E-state index contributed by atoms with van der Waals surface area (Å²) < 4.78 is 1.05. The van der Waals surface area contributed by atoms with Crippen molar-refractivity contribution in [2.75, 3.05) is 19.6 Å². The topological polar surface area (TPSA) is 32.3 Å². The van der Waals surface area contributed by atoms with E-state index >= 15 is 0 Å². The van der Waals surface area contributed by atoms with Gasteiger partial charge in [0.2, 0.25) is 5.91 Å². The molecular formula is C16H23BrN2O. The fourth-order valence-corrected chi connectivity index (χ4v) is 2.92. The van der Waals surface area contributed by atoms with Crippen LogP contribution in [0.4, 0.5) is 0 Å². The molecule has 0 radical (unpaired) electrons. The minimum Gasteiger partial charge on any atom is -0.341 e. The average molecular weight is 339 g/mol. The van der Waals surface area contributed by atoms with Gasteiger partial charge >= 0.3 is 0 Å². The first kappa shape index (κ1) is 15.5. The largest absolute Gasteiger partial charge is 0.341 e. The van der Waals surface area contributed by atoms with Crippen LogP contribution in [-0.4, -0.2) is 36.5 Å². The van der Waals surface area contributed by atoms with Crippen LogP contribution in [0.1, 0.15) is 31.7 Å². The molecule has 0 bridgehead atoms. The van der Waals surface area contributed by atoms with E-state index in [0.29, 0.717) is 12.5 Å². The van der Waals surface area contributed by atoms with E-state index in [1.54, 1.807) is 0 Å². The van der Waals surface area contributed by atoms with Gasteiger partial charge in [-0.25, -0.2) is 0 Å². The second-order valence-electron chi connectivity index (χ2n) is 5.44. The summed E-state index contributed by atoms with van der Waals surface area (Å²) in [5, 5.41) is 3.47. The van der Waals surface area contributed by atoms with Crippen molar-refractivity contribution >= 4 is 21.8 Å². The third-order valence-corrected chi connectivity index (χ3v) is 4.25. The van der Waals surface area contributed by atoms with Gasteiger partial charge < -0.3 is 10.2 Å². The van der Waals surface area contributed by atoms with E-state index in [0.717, 1.165) is 36.1 Å². The number of nitrogens with zero attached hydrogens (tertiary/aromatic N) is 1. The minimum absolute atomic E-state index is 0.239. The SMILES string of the molecule is CCCN(CC1CCCN1)C(=O)Cc1ccc(Br)cc1. The molecule has 2 rings (SSSR count). The Morgan fingerprint density at radius 3 is 2.75 bits per heavy atom. The van der Waals surface area contributed by atoms with Gasteiger partial charge in [0.1, 0.15) is 0 Å². The Bertz CT molecular complexity index is 427. The molecule has 0 saturated carbocycles. The number of hydrogen-bond donors (Lipinski definition) is 1. The van der Waals surface area contributed by atoms with Gasteiger partial charge in [-0.3, -0.25) is 4.79 Å². The number of carbonyl (C=O) groups excluding carboxylic acids is 1. The molecule has 1 atom stereocenters. The Labute approximate surface area is 129 Å². The summed E-state index contributed by atoms with van der Waals surface area (Å²) in [7, 11) is 0. The van der Waals surface area contributed by atoms with Gasteiger partial charge in [0.15, 0.2) is 0 Å². The zero-order valence-electron chi connectivity index (χ0n) is 12.1. The summed E-state index contributed by atoms with van der Waals surface area (Å²) in [5.41, 5.74) is 1.08. The monoisotopic (exact) mass is 338 g/mol. The van der Waals surface area contributed by atoms with Crippen molar-refractivity contribution in [1.29, 1.82) is 0 Å². The second-order valence-corrected chi connectivity index (χ2v) is 6.35. The van der Waals surface area contributed by atoms with Gasteiger partial charge in [0, 0.05) is 23.6 Å². The first-order chi connectivity index (χ1) is 9.69. The van der Waals surface area contributed by atoms with Crippen LogP contribution in [0.5, 0.6) is 0 Å². The molecule has 1 aromatic carbocycles. The van der Waals surface area contributed by atoms with Crippen LogP contribution in [-0.2, 0) is 11.2 Å². The highest BCUT2D eigenvalue weighted by molar-refractivity contribution is 9.10. The number of hydrogen-bond acceptors (Lipinski definition) is 2. The quantitative estimate of drug-likeness (QED) is 0.864. The lowest BCUT2D eigenvalue weighted by Gasteiger charge is -2.25. The smallest absolute Gasteiger partial charge is 0.227 e. The third-order valence-electron chi connectivity index (χ3n) is 3.72. The Morgan fingerprint density at radius 1 is 1.40 bits per heavy atom. The first-order valence-corrected chi connectivity index (χ1v) is 8.24. The molecular weight excluding hydrogens is 316 g/mol. The van der Waals surface area contributed by atoms with Gasteiger partial charge in [-0.05, 0) is 43.5 Å². The van der Waals surface area contributed by atoms with Crippen molar-refractivity contribution in [3.63, 3.8) is 0 Å². The molecule has 1 amide bonds. The summed E-state index contributed by atoms with van der Waals surface area (Å²) in [6.45, 7) is 4.92. The van der Waals surface area contributed by atoms with Crippen molar-refractivity contribution < 1.29 is 4.79 Å². The Morgan fingerprint density at radius 2 is 2.15 bits per heavy atom. The van der Waals surface area contributed by atoms with Gasteiger partial charge in [-0.15, -0.1) is 0 Å². The van der Waals surface area contributed by atoms with Crippen LogP contribution in [0.25, 0.3) is 0 Å². The number of nitrogens with one attached hydrogen (secondary N) is 1. The van der Waals surface area contributed by atoms with Crippen LogP contribution >= 0.6 is 15.9 Å². The number of amides is 1. The van der Waals surface area contributed by atoms with Crippen molar-refractivity contribution in [2.24, 2.45) is 0 Å². The highest BCUT2D eigenvalue weighted by atomic mass is 79.9. The van der Waals surface area contributed by atoms with Crippen LogP contribution in [0.3, 0.4) is 0 Å². The van der Waals surface area contributed by atoms with E-state index in [4.69, 9.17) is 0 Å². The highest BCUT2D eigenvalue weighted by Gasteiger charge is 2.20. The molecule has 20 heavy (non-hydrogen) atoms. The lowest BCUT2D eigenvalue weighted by atomic mass is 10.1. The van der Waals surface area contributed by atoms with E-state index in [-0.39, 0.29) is 5.91 Å². The Hall–Kier alpha value is -0.870. The molecule has 1 aliphatic rings. The van der Waals surface area contributed by atoms with Crippen LogP contribution in [0.2, 0.25) is 0 Å². The van der Waals surface area contributed by atoms with Crippen LogP contribution < -0.4 is 5.32 Å². The molecule has 1 aromatic rings. The van der Waals surface area contributed by atoms with E-state index in [9.17, 15) is 4.79 Å². The zero-order chi connectivity index (χ0) is 14.4. The molecule has 1 unspecified atom stereocenters. The maximum atomic E-state index is 12.5. The van der Waals surface area contributed by atoms with Gasteiger partial charge in [-0.2, -0.15) is 0 Å². The molecule has 4 heteroatoms. The molecule has 1 fully saturated rings. The molecule has 0 spiro atoms. The fourth-order valence-electron chi connectivity index (χ4n) is 2.65. The predicted octanol–water partition coefficient (Wildman–Crippen LogP) is 2.98. The Balaban J connectivity index is 1.93. The van der Waals surface area contributed by atoms with E-state index < -0.39 is 0 Å². The summed E-state index contributed by atoms with van der Waals surface area (Å²) in [4.78, 5) is 14.5. The lowest BCUT2D eigenvalue weighted by molar-refractivity contribution is -0.130. The van der Waals surface area contributed by atoms with Gasteiger partial charge in [0.05, 0.1) is 6.42 Å². The van der Waals surface area contributed by atoms with Crippen molar-refractivity contribution in [2.45, 2.75) is 38.6 Å². The summed E-state index contributed by atoms with van der Waals surface area (Å²) in [6, 6.07) is 8.49. The van der Waals surface area contributed by atoms with Gasteiger partial charge in [-0.1, -0.05) is 35.0 Å². The summed E-state index contributed by atoms with van der Waals surface area (Å²) in [6.07, 6.45) is 3.93. The van der Waals surface area contributed by atoms with Gasteiger partial charge in [0.25, 0.3) is 0 Å². The molecule has 1 N–H and O–H groups in total. The predicted molar refractivity (Wildman–Crippen MR) is 85.7 cm³/mol. The normalized spacial score (nSPS) is 18.2.